The van der Waals surface area contributed by atoms with Crippen molar-refractivity contribution in [3.63, 3.8) is 0 Å². The quantitative estimate of drug-likeness (QED) is 0.754. The van der Waals surface area contributed by atoms with E-state index < -0.39 is 0 Å². The normalized spacial score (nSPS) is 17.5. The Hall–Kier alpha value is -1.22. The number of hydrogen-bond acceptors (Lipinski definition) is 2. The molecule has 3 rings (SSSR count). The van der Waals surface area contributed by atoms with E-state index in [0.717, 1.165) is 21.1 Å². The minimum atomic E-state index is -0.0441. The van der Waals surface area contributed by atoms with E-state index in [2.05, 4.69) is 54.2 Å². The van der Waals surface area contributed by atoms with E-state index in [9.17, 15) is 0 Å². The van der Waals surface area contributed by atoms with Crippen LogP contribution in [0.25, 0.3) is 16.5 Å². The summed E-state index contributed by atoms with van der Waals surface area (Å²) in [5.41, 5.74) is 4.45. The van der Waals surface area contributed by atoms with Crippen molar-refractivity contribution in [3.8, 4) is 0 Å². The third-order valence-corrected chi connectivity index (χ3v) is 3.74. The van der Waals surface area contributed by atoms with Gasteiger partial charge in [0.15, 0.2) is 5.58 Å². The number of benzene rings is 1. The van der Waals surface area contributed by atoms with Gasteiger partial charge < -0.3 is 9.73 Å². The van der Waals surface area contributed by atoms with Crippen molar-refractivity contribution in [2.45, 2.75) is 26.3 Å². The molecule has 0 spiro atoms. The lowest BCUT2D eigenvalue weighted by atomic mass is 9.91. The van der Waals surface area contributed by atoms with Gasteiger partial charge >= 0.3 is 0 Å². The molecule has 0 unspecified atom stereocenters. The van der Waals surface area contributed by atoms with Crippen LogP contribution in [0.3, 0.4) is 0 Å². The molecule has 1 aliphatic heterocycles. The van der Waals surface area contributed by atoms with E-state index in [4.69, 9.17) is 4.42 Å². The molecule has 0 atom stereocenters. The molecule has 0 bridgehead atoms. The van der Waals surface area contributed by atoms with Gasteiger partial charge in [-0.25, -0.2) is 0 Å². The fraction of sp³-hybridized carbons (Fsp3) is 0.286. The van der Waals surface area contributed by atoms with Crippen LogP contribution in [0.15, 0.2) is 33.4 Å². The Labute approximate surface area is 109 Å². The monoisotopic (exact) mass is 291 g/mol. The number of allylic oxidation sites excluding steroid dienone is 1. The topological polar surface area (TPSA) is 25.2 Å². The lowest BCUT2D eigenvalue weighted by Crippen LogP contribution is -2.31. The number of anilines is 1. The molecule has 0 aliphatic carbocycles. The van der Waals surface area contributed by atoms with Crippen LogP contribution in [-0.2, 0) is 0 Å². The number of furan rings is 1. The standard InChI is InChI=1S/C14H14BrNO/c1-8-7-14(2,3)16-12-11(8)10(15)6-9-4-5-17-13(9)12/h4-7,16H,1-3H3. The predicted octanol–water partition coefficient (Wildman–Crippen LogP) is 4.80. The van der Waals surface area contributed by atoms with Crippen LogP contribution in [-0.4, -0.2) is 5.54 Å². The summed E-state index contributed by atoms with van der Waals surface area (Å²) in [6, 6.07) is 4.09. The lowest BCUT2D eigenvalue weighted by Gasteiger charge is -2.31. The summed E-state index contributed by atoms with van der Waals surface area (Å²) in [5, 5.41) is 4.66. The van der Waals surface area contributed by atoms with E-state index in [-0.39, 0.29) is 5.54 Å². The van der Waals surface area contributed by atoms with Gasteiger partial charge in [0.2, 0.25) is 0 Å². The third kappa shape index (κ3) is 1.61. The van der Waals surface area contributed by atoms with Gasteiger partial charge in [0, 0.05) is 15.4 Å². The molecule has 0 saturated heterocycles. The van der Waals surface area contributed by atoms with Crippen LogP contribution in [0, 0.1) is 0 Å². The van der Waals surface area contributed by atoms with Crippen molar-refractivity contribution in [1.82, 2.24) is 0 Å². The Morgan fingerprint density at radius 2 is 2.12 bits per heavy atom. The Morgan fingerprint density at radius 1 is 1.35 bits per heavy atom. The second kappa shape index (κ2) is 3.39. The van der Waals surface area contributed by atoms with Crippen molar-refractivity contribution < 1.29 is 4.42 Å². The predicted molar refractivity (Wildman–Crippen MR) is 75.3 cm³/mol. The molecule has 0 fully saturated rings. The lowest BCUT2D eigenvalue weighted by molar-refractivity contribution is 0.612. The number of hydrogen-bond donors (Lipinski definition) is 1. The molecular weight excluding hydrogens is 278 g/mol. The molecule has 3 heteroatoms. The van der Waals surface area contributed by atoms with E-state index in [1.807, 2.05) is 6.07 Å². The van der Waals surface area contributed by atoms with E-state index >= 15 is 0 Å². The van der Waals surface area contributed by atoms with E-state index in [1.165, 1.54) is 11.1 Å². The summed E-state index contributed by atoms with van der Waals surface area (Å²) in [6.45, 7) is 6.46. The Bertz CT molecular complexity index is 637. The van der Waals surface area contributed by atoms with Crippen LogP contribution in [0.2, 0.25) is 0 Å². The summed E-state index contributed by atoms with van der Waals surface area (Å²) in [6.07, 6.45) is 3.98. The molecular formula is C14H14BrNO. The SMILES string of the molecule is CC1=CC(C)(C)Nc2c1c(Br)cc1ccoc21. The van der Waals surface area contributed by atoms with Crippen molar-refractivity contribution in [2.24, 2.45) is 0 Å². The van der Waals surface area contributed by atoms with E-state index in [0.29, 0.717) is 0 Å². The molecule has 1 aliphatic rings. The van der Waals surface area contributed by atoms with Crippen molar-refractivity contribution >= 4 is 38.2 Å². The summed E-state index contributed by atoms with van der Waals surface area (Å²) in [4.78, 5) is 0. The number of halogens is 1. The minimum absolute atomic E-state index is 0.0441. The summed E-state index contributed by atoms with van der Waals surface area (Å²) in [5.74, 6) is 0. The highest BCUT2D eigenvalue weighted by Crippen LogP contribution is 2.43. The zero-order valence-electron chi connectivity index (χ0n) is 10.1. The van der Waals surface area contributed by atoms with Gasteiger partial charge in [-0.2, -0.15) is 0 Å². The van der Waals surface area contributed by atoms with Crippen molar-refractivity contribution in [2.75, 3.05) is 5.32 Å². The average Bonchev–Trinajstić information content (AvgIpc) is 2.62. The van der Waals surface area contributed by atoms with Crippen LogP contribution < -0.4 is 5.32 Å². The molecule has 0 saturated carbocycles. The van der Waals surface area contributed by atoms with Crippen molar-refractivity contribution in [3.05, 3.63) is 34.5 Å². The van der Waals surface area contributed by atoms with Crippen LogP contribution >= 0.6 is 15.9 Å². The summed E-state index contributed by atoms with van der Waals surface area (Å²) in [7, 11) is 0. The van der Waals surface area contributed by atoms with Gasteiger partial charge in [-0.15, -0.1) is 0 Å². The highest BCUT2D eigenvalue weighted by Gasteiger charge is 2.26. The van der Waals surface area contributed by atoms with Gasteiger partial charge in [-0.1, -0.05) is 22.0 Å². The molecule has 1 aromatic carbocycles. The highest BCUT2D eigenvalue weighted by atomic mass is 79.9. The zero-order chi connectivity index (χ0) is 12.2. The van der Waals surface area contributed by atoms with Gasteiger partial charge in [-0.3, -0.25) is 0 Å². The second-order valence-electron chi connectivity index (χ2n) is 5.12. The molecule has 1 N–H and O–H groups in total. The van der Waals surface area contributed by atoms with E-state index in [1.54, 1.807) is 6.26 Å². The zero-order valence-corrected chi connectivity index (χ0v) is 11.7. The van der Waals surface area contributed by atoms with Crippen LogP contribution in [0.4, 0.5) is 5.69 Å². The number of rotatable bonds is 0. The smallest absolute Gasteiger partial charge is 0.157 e. The molecule has 0 radical (unpaired) electrons. The molecule has 1 aromatic heterocycles. The Balaban J connectivity index is 2.40. The first kappa shape index (κ1) is 10.9. The maximum atomic E-state index is 5.60. The first-order valence-corrected chi connectivity index (χ1v) is 6.45. The summed E-state index contributed by atoms with van der Waals surface area (Å²) < 4.78 is 6.71. The first-order chi connectivity index (χ1) is 7.98. The molecule has 0 amide bonds. The maximum absolute atomic E-state index is 5.60. The second-order valence-corrected chi connectivity index (χ2v) is 5.98. The fourth-order valence-corrected chi connectivity index (χ4v) is 3.31. The molecule has 88 valence electrons. The van der Waals surface area contributed by atoms with Gasteiger partial charge in [-0.05, 0) is 38.5 Å². The minimum Gasteiger partial charge on any atom is -0.462 e. The molecule has 2 nitrogen and oxygen atoms in total. The van der Waals surface area contributed by atoms with Gasteiger partial charge in [0.25, 0.3) is 0 Å². The van der Waals surface area contributed by atoms with Crippen LogP contribution in [0.1, 0.15) is 26.3 Å². The summed E-state index contributed by atoms with van der Waals surface area (Å²) >= 11 is 3.64. The third-order valence-electron chi connectivity index (χ3n) is 3.11. The van der Waals surface area contributed by atoms with Gasteiger partial charge in [0.1, 0.15) is 0 Å². The number of nitrogens with one attached hydrogen (secondary N) is 1. The fourth-order valence-electron chi connectivity index (χ4n) is 2.55. The van der Waals surface area contributed by atoms with Crippen LogP contribution in [0.5, 0.6) is 0 Å². The number of fused-ring (bicyclic) bond motifs is 3. The van der Waals surface area contributed by atoms with Crippen molar-refractivity contribution in [1.29, 1.82) is 0 Å². The average molecular weight is 292 g/mol. The van der Waals surface area contributed by atoms with Gasteiger partial charge in [0.05, 0.1) is 17.5 Å². The first-order valence-electron chi connectivity index (χ1n) is 5.66. The Kier molecular flexibility index (Phi) is 2.17. The molecule has 17 heavy (non-hydrogen) atoms. The highest BCUT2D eigenvalue weighted by molar-refractivity contribution is 9.10. The maximum Gasteiger partial charge on any atom is 0.157 e. The molecule has 2 aromatic rings. The molecule has 2 heterocycles. The Morgan fingerprint density at radius 3 is 2.88 bits per heavy atom. The largest absolute Gasteiger partial charge is 0.462 e.